The van der Waals surface area contributed by atoms with Gasteiger partial charge in [0.1, 0.15) is 11.8 Å². The fourth-order valence-electron chi connectivity index (χ4n) is 1.94. The Morgan fingerprint density at radius 2 is 2.06 bits per heavy atom. The van der Waals surface area contributed by atoms with Crippen LogP contribution in [0.5, 0.6) is 0 Å². The molecule has 1 aromatic rings. The van der Waals surface area contributed by atoms with Crippen LogP contribution >= 0.6 is 11.6 Å². The first-order chi connectivity index (χ1) is 8.06. The third-order valence-corrected chi connectivity index (χ3v) is 3.37. The van der Waals surface area contributed by atoms with Crippen molar-refractivity contribution in [2.45, 2.75) is 46.3 Å². The van der Waals surface area contributed by atoms with E-state index in [2.05, 4.69) is 5.10 Å². The maximum absolute atomic E-state index is 12.2. The molecule has 1 unspecified atom stereocenters. The molecule has 1 heterocycles. The summed E-state index contributed by atoms with van der Waals surface area (Å²) < 4.78 is 1.52. The molecule has 4 nitrogen and oxygen atoms in total. The highest BCUT2D eigenvalue weighted by atomic mass is 35.5. The van der Waals surface area contributed by atoms with Crippen molar-refractivity contribution in [2.24, 2.45) is 5.92 Å². The minimum atomic E-state index is -0.996. The minimum Gasteiger partial charge on any atom is -0.385 e. The van der Waals surface area contributed by atoms with Gasteiger partial charge in [0.25, 0.3) is 0 Å². The molecule has 0 aromatic carbocycles. The number of rotatable bonds is 6. The first-order valence-corrected chi connectivity index (χ1v) is 6.38. The lowest BCUT2D eigenvalue weighted by atomic mass is 9.92. The summed E-state index contributed by atoms with van der Waals surface area (Å²) >= 11 is 5.94. The minimum absolute atomic E-state index is 0.0289. The number of aliphatic hydroxyl groups is 1. The predicted molar refractivity (Wildman–Crippen MR) is 67.3 cm³/mol. The zero-order chi connectivity index (χ0) is 13.0. The molecule has 1 N–H and O–H groups in total. The molecule has 0 saturated heterocycles. The van der Waals surface area contributed by atoms with Crippen LogP contribution < -0.4 is 0 Å². The predicted octanol–water partition coefficient (Wildman–Crippen LogP) is 2.54. The number of nitrogens with zero attached hydrogens (tertiary/aromatic N) is 2. The van der Waals surface area contributed by atoms with Crippen LogP contribution in [0.4, 0.5) is 0 Å². The lowest BCUT2D eigenvalue weighted by Gasteiger charge is -2.19. The summed E-state index contributed by atoms with van der Waals surface area (Å²) in [6, 6.07) is 0. The maximum Gasteiger partial charge on any atom is 0.211 e. The van der Waals surface area contributed by atoms with Crippen molar-refractivity contribution in [3.63, 3.8) is 0 Å². The number of ketones is 1. The molecule has 0 aliphatic rings. The zero-order valence-corrected chi connectivity index (χ0v) is 11.2. The smallest absolute Gasteiger partial charge is 0.211 e. The van der Waals surface area contributed by atoms with Gasteiger partial charge < -0.3 is 5.11 Å². The fraction of sp³-hybridized carbons (Fsp3) is 0.667. The molecule has 1 atom stereocenters. The SMILES string of the molecule is CCC(CC)C(O)C(=O)c1c(Cl)cnn1CC. The highest BCUT2D eigenvalue weighted by Gasteiger charge is 2.28. The van der Waals surface area contributed by atoms with Crippen LogP contribution in [-0.2, 0) is 6.54 Å². The van der Waals surface area contributed by atoms with E-state index in [4.69, 9.17) is 11.6 Å². The number of carbonyl (C=O) groups is 1. The molecule has 17 heavy (non-hydrogen) atoms. The van der Waals surface area contributed by atoms with Gasteiger partial charge in [-0.05, 0) is 12.8 Å². The number of halogens is 1. The van der Waals surface area contributed by atoms with Gasteiger partial charge in [0, 0.05) is 6.54 Å². The standard InChI is InChI=1S/C12H19ClN2O2/c1-4-8(5-2)11(16)12(17)10-9(13)7-14-15(10)6-3/h7-8,11,16H,4-6H2,1-3H3. The van der Waals surface area contributed by atoms with Gasteiger partial charge in [-0.25, -0.2) is 0 Å². The summed E-state index contributed by atoms with van der Waals surface area (Å²) in [7, 11) is 0. The molecule has 0 amide bonds. The molecule has 0 spiro atoms. The lowest BCUT2D eigenvalue weighted by Crippen LogP contribution is -2.31. The van der Waals surface area contributed by atoms with Crippen LogP contribution in [0.15, 0.2) is 6.20 Å². The summed E-state index contributed by atoms with van der Waals surface area (Å²) in [6.07, 6.45) is 1.98. The van der Waals surface area contributed by atoms with Crippen LogP contribution in [0, 0.1) is 5.92 Å². The monoisotopic (exact) mass is 258 g/mol. The van der Waals surface area contributed by atoms with Crippen LogP contribution in [-0.4, -0.2) is 26.8 Å². The molecule has 0 radical (unpaired) electrons. The van der Waals surface area contributed by atoms with Crippen LogP contribution in [0.1, 0.15) is 44.1 Å². The normalized spacial score (nSPS) is 13.1. The Labute approximate surface area is 107 Å². The number of aliphatic hydroxyl groups excluding tert-OH is 1. The fourth-order valence-corrected chi connectivity index (χ4v) is 2.17. The van der Waals surface area contributed by atoms with E-state index in [0.717, 1.165) is 12.8 Å². The molecule has 1 rings (SSSR count). The maximum atomic E-state index is 12.2. The Kier molecular flexibility index (Phi) is 5.15. The van der Waals surface area contributed by atoms with E-state index < -0.39 is 6.10 Å². The van der Waals surface area contributed by atoms with Gasteiger partial charge >= 0.3 is 0 Å². The molecular weight excluding hydrogens is 240 g/mol. The molecule has 5 heteroatoms. The molecule has 1 aromatic heterocycles. The van der Waals surface area contributed by atoms with Gasteiger partial charge in [-0.1, -0.05) is 38.3 Å². The van der Waals surface area contributed by atoms with Gasteiger partial charge in [0.15, 0.2) is 0 Å². The highest BCUT2D eigenvalue weighted by Crippen LogP contribution is 2.22. The number of aryl methyl sites for hydroxylation is 1. The summed E-state index contributed by atoms with van der Waals surface area (Å²) in [5.41, 5.74) is 0.313. The number of carbonyl (C=O) groups excluding carboxylic acids is 1. The van der Waals surface area contributed by atoms with E-state index >= 15 is 0 Å². The second-order valence-corrected chi connectivity index (χ2v) is 4.45. The summed E-state index contributed by atoms with van der Waals surface area (Å²) in [5.74, 6) is -0.359. The van der Waals surface area contributed by atoms with Crippen molar-refractivity contribution < 1.29 is 9.90 Å². The van der Waals surface area contributed by atoms with Crippen molar-refractivity contribution in [1.82, 2.24) is 9.78 Å². The third-order valence-electron chi connectivity index (χ3n) is 3.09. The van der Waals surface area contributed by atoms with Gasteiger partial charge in [-0.3, -0.25) is 9.48 Å². The van der Waals surface area contributed by atoms with E-state index in [9.17, 15) is 9.90 Å². The summed E-state index contributed by atoms with van der Waals surface area (Å²) in [5, 5.41) is 14.4. The third kappa shape index (κ3) is 2.87. The Hall–Kier alpha value is -0.870. The second kappa shape index (κ2) is 6.17. The molecule has 0 saturated carbocycles. The van der Waals surface area contributed by atoms with E-state index in [-0.39, 0.29) is 11.7 Å². The summed E-state index contributed by atoms with van der Waals surface area (Å²) in [4.78, 5) is 12.2. The van der Waals surface area contributed by atoms with E-state index in [0.29, 0.717) is 17.3 Å². The van der Waals surface area contributed by atoms with Gasteiger partial charge in [-0.15, -0.1) is 0 Å². The molecule has 96 valence electrons. The van der Waals surface area contributed by atoms with E-state index in [1.165, 1.54) is 10.9 Å². The number of hydrogen-bond donors (Lipinski definition) is 1. The highest BCUT2D eigenvalue weighted by molar-refractivity contribution is 6.33. The Morgan fingerprint density at radius 1 is 1.47 bits per heavy atom. The molecular formula is C12H19ClN2O2. The molecule has 0 aliphatic heterocycles. The largest absolute Gasteiger partial charge is 0.385 e. The number of Topliss-reactive ketones (excluding diaryl/α,β-unsaturated/α-hetero) is 1. The molecule has 0 bridgehead atoms. The summed E-state index contributed by atoms with van der Waals surface area (Å²) in [6.45, 7) is 6.36. The lowest BCUT2D eigenvalue weighted by molar-refractivity contribution is 0.0577. The second-order valence-electron chi connectivity index (χ2n) is 4.04. The average Bonchev–Trinajstić information content (AvgIpc) is 2.70. The van der Waals surface area contributed by atoms with Crippen molar-refractivity contribution in [1.29, 1.82) is 0 Å². The van der Waals surface area contributed by atoms with Crippen LogP contribution in [0.3, 0.4) is 0 Å². The Balaban J connectivity index is 2.99. The Morgan fingerprint density at radius 3 is 2.53 bits per heavy atom. The van der Waals surface area contributed by atoms with E-state index in [1.807, 2.05) is 20.8 Å². The quantitative estimate of drug-likeness (QED) is 0.798. The molecule has 0 aliphatic carbocycles. The topological polar surface area (TPSA) is 55.1 Å². The first-order valence-electron chi connectivity index (χ1n) is 6.00. The van der Waals surface area contributed by atoms with Crippen molar-refractivity contribution in [3.8, 4) is 0 Å². The zero-order valence-electron chi connectivity index (χ0n) is 10.5. The van der Waals surface area contributed by atoms with Gasteiger partial charge in [-0.2, -0.15) is 5.10 Å². The van der Waals surface area contributed by atoms with Crippen molar-refractivity contribution >= 4 is 17.4 Å². The van der Waals surface area contributed by atoms with Crippen molar-refractivity contribution in [2.75, 3.05) is 0 Å². The Bertz CT molecular complexity index is 386. The van der Waals surface area contributed by atoms with Crippen molar-refractivity contribution in [3.05, 3.63) is 16.9 Å². The van der Waals surface area contributed by atoms with E-state index in [1.54, 1.807) is 0 Å². The molecule has 0 fully saturated rings. The van der Waals surface area contributed by atoms with Gasteiger partial charge in [0.05, 0.1) is 11.2 Å². The average molecular weight is 259 g/mol. The van der Waals surface area contributed by atoms with Gasteiger partial charge in [0.2, 0.25) is 5.78 Å². The van der Waals surface area contributed by atoms with Crippen LogP contribution in [0.2, 0.25) is 5.02 Å². The number of hydrogen-bond acceptors (Lipinski definition) is 3. The number of aromatic nitrogens is 2. The first kappa shape index (κ1) is 14.2. The van der Waals surface area contributed by atoms with Crippen LogP contribution in [0.25, 0.3) is 0 Å².